The second-order valence-corrected chi connectivity index (χ2v) is 1.08. The quantitative estimate of drug-likeness (QED) is 0.384. The standard InChI is InChI=1S/C6H5.Zn.H2/c1-2-4-6-5-3-1;;/h1-5H;;1H/q-1;;. The summed E-state index contributed by atoms with van der Waals surface area (Å²) in [5, 5.41) is 0. The predicted octanol–water partition coefficient (Wildman–Crippen LogP) is 1.73. The van der Waals surface area contributed by atoms with Crippen molar-refractivity contribution in [1.29, 1.82) is 0 Å². The Bertz CT molecular complexity index is 80.5. The Hall–Kier alpha value is -0.157. The van der Waals surface area contributed by atoms with Gasteiger partial charge in [-0.05, 0) is 0 Å². The number of hydrogen-bond donors (Lipinski definition) is 0. The monoisotopic (exact) mass is 143 g/mol. The summed E-state index contributed by atoms with van der Waals surface area (Å²) in [7, 11) is 0. The molecule has 0 aliphatic rings. The predicted molar refractivity (Wildman–Crippen MR) is 27.4 cm³/mol. The largest absolute Gasteiger partial charge is 0.184 e. The van der Waals surface area contributed by atoms with Crippen LogP contribution in [-0.2, 0) is 19.5 Å². The molecule has 0 aromatic heterocycles. The van der Waals surface area contributed by atoms with Crippen LogP contribution in [0.25, 0.3) is 0 Å². The molecule has 0 atom stereocenters. The van der Waals surface area contributed by atoms with Gasteiger partial charge in [0.05, 0.1) is 0 Å². The molecule has 7 heavy (non-hydrogen) atoms. The fourth-order valence-corrected chi connectivity index (χ4v) is 0.342. The summed E-state index contributed by atoms with van der Waals surface area (Å²) >= 11 is 0. The first-order valence-corrected chi connectivity index (χ1v) is 1.91. The Morgan fingerprint density at radius 2 is 1.57 bits per heavy atom. The van der Waals surface area contributed by atoms with Crippen molar-refractivity contribution in [2.45, 2.75) is 0 Å². The smallest absolute Gasteiger partial charge is 0 e. The molecule has 0 aliphatic heterocycles. The van der Waals surface area contributed by atoms with Gasteiger partial charge in [0.1, 0.15) is 0 Å². The molecule has 0 saturated heterocycles. The maximum absolute atomic E-state index is 2.89. The first-order chi connectivity index (χ1) is 3.00. The van der Waals surface area contributed by atoms with Crippen LogP contribution in [0, 0.1) is 6.07 Å². The molecule has 1 rings (SSSR count). The molecule has 0 N–H and O–H groups in total. The molecule has 0 bridgehead atoms. The molecule has 1 heteroatoms. The van der Waals surface area contributed by atoms with Crippen molar-refractivity contribution < 1.29 is 20.9 Å². The van der Waals surface area contributed by atoms with E-state index in [4.69, 9.17) is 0 Å². The normalized spacial score (nSPS) is 6.86. The zero-order chi connectivity index (χ0) is 4.24. The molecule has 0 unspecified atom stereocenters. The van der Waals surface area contributed by atoms with E-state index in [1.54, 1.807) is 0 Å². The average Bonchev–Trinajstić information content (AvgIpc) is 1.72. The van der Waals surface area contributed by atoms with Gasteiger partial charge in [-0.1, -0.05) is 0 Å². The van der Waals surface area contributed by atoms with Gasteiger partial charge in [0.2, 0.25) is 0 Å². The Kier molecular flexibility index (Phi) is 3.92. The molecule has 1 aromatic carbocycles. The van der Waals surface area contributed by atoms with E-state index in [9.17, 15) is 0 Å². The maximum atomic E-state index is 2.89. The van der Waals surface area contributed by atoms with Crippen LogP contribution in [0.2, 0.25) is 0 Å². The minimum Gasteiger partial charge on any atom is -0.184 e. The topological polar surface area (TPSA) is 0 Å². The van der Waals surface area contributed by atoms with Gasteiger partial charge in [0.15, 0.2) is 0 Å². The van der Waals surface area contributed by atoms with Crippen LogP contribution in [0.5, 0.6) is 0 Å². The van der Waals surface area contributed by atoms with Crippen LogP contribution in [0.3, 0.4) is 0 Å². The summed E-state index contributed by atoms with van der Waals surface area (Å²) in [5.74, 6) is 0. The van der Waals surface area contributed by atoms with Gasteiger partial charge in [-0.25, -0.2) is 0 Å². The summed E-state index contributed by atoms with van der Waals surface area (Å²) in [6.45, 7) is 0. The third-order valence-electron chi connectivity index (χ3n) is 0.607. The van der Waals surface area contributed by atoms with Gasteiger partial charge in [0.25, 0.3) is 0 Å². The van der Waals surface area contributed by atoms with Crippen molar-refractivity contribution in [2.24, 2.45) is 0 Å². The molecule has 0 aliphatic carbocycles. The molecule has 34 valence electrons. The Labute approximate surface area is 57.8 Å². The second kappa shape index (κ2) is 4.01. The van der Waals surface area contributed by atoms with Crippen LogP contribution in [0.1, 0.15) is 1.43 Å². The van der Waals surface area contributed by atoms with E-state index < -0.39 is 0 Å². The molecule has 0 nitrogen and oxygen atoms in total. The molecule has 0 spiro atoms. The van der Waals surface area contributed by atoms with E-state index in [0.29, 0.717) is 0 Å². The van der Waals surface area contributed by atoms with Crippen molar-refractivity contribution in [2.75, 3.05) is 0 Å². The Balaban J connectivity index is 0. The first-order valence-electron chi connectivity index (χ1n) is 1.91. The Morgan fingerprint density at radius 1 is 1.00 bits per heavy atom. The van der Waals surface area contributed by atoms with Crippen molar-refractivity contribution in [3.05, 3.63) is 36.4 Å². The summed E-state index contributed by atoms with van der Waals surface area (Å²) in [6, 6.07) is 12.5. The van der Waals surface area contributed by atoms with Crippen LogP contribution in [0.4, 0.5) is 0 Å². The number of benzene rings is 1. The van der Waals surface area contributed by atoms with E-state index in [1.807, 2.05) is 30.3 Å². The molecule has 0 amide bonds. The molecule has 0 radical (unpaired) electrons. The van der Waals surface area contributed by atoms with Crippen LogP contribution >= 0.6 is 0 Å². The average molecular weight is 145 g/mol. The first kappa shape index (κ1) is 6.84. The van der Waals surface area contributed by atoms with Gasteiger partial charge < -0.3 is 0 Å². The fourth-order valence-electron chi connectivity index (χ4n) is 0.342. The summed E-state index contributed by atoms with van der Waals surface area (Å²) < 4.78 is 0. The van der Waals surface area contributed by atoms with Gasteiger partial charge in [-0.3, -0.25) is 0 Å². The SMILES string of the molecule is [HH].[Zn].[c-]1ccccc1. The zero-order valence-electron chi connectivity index (χ0n) is 4.09. The van der Waals surface area contributed by atoms with Crippen molar-refractivity contribution in [3.8, 4) is 0 Å². The van der Waals surface area contributed by atoms with Crippen LogP contribution in [0.15, 0.2) is 30.3 Å². The minimum atomic E-state index is 0. The Morgan fingerprint density at radius 3 is 1.71 bits per heavy atom. The van der Waals surface area contributed by atoms with Gasteiger partial charge >= 0.3 is 0 Å². The molecular formula is C6H7Zn-. The third kappa shape index (κ3) is 2.53. The molecule has 0 heterocycles. The maximum Gasteiger partial charge on any atom is 0 e. The van der Waals surface area contributed by atoms with Crippen LogP contribution < -0.4 is 0 Å². The minimum absolute atomic E-state index is 0. The van der Waals surface area contributed by atoms with E-state index >= 15 is 0 Å². The molecule has 0 fully saturated rings. The third-order valence-corrected chi connectivity index (χ3v) is 0.607. The van der Waals surface area contributed by atoms with Gasteiger partial charge in [-0.15, -0.1) is 0 Å². The summed E-state index contributed by atoms with van der Waals surface area (Å²) in [4.78, 5) is 0. The summed E-state index contributed by atoms with van der Waals surface area (Å²) in [5.41, 5.74) is 0. The van der Waals surface area contributed by atoms with E-state index in [1.165, 1.54) is 0 Å². The molecular weight excluding hydrogens is 137 g/mol. The van der Waals surface area contributed by atoms with Crippen LogP contribution in [-0.4, -0.2) is 0 Å². The summed E-state index contributed by atoms with van der Waals surface area (Å²) in [6.07, 6.45) is 0. The van der Waals surface area contributed by atoms with Crippen molar-refractivity contribution in [3.63, 3.8) is 0 Å². The van der Waals surface area contributed by atoms with Crippen molar-refractivity contribution >= 4 is 0 Å². The zero-order valence-corrected chi connectivity index (χ0v) is 7.06. The number of hydrogen-bond acceptors (Lipinski definition) is 0. The van der Waals surface area contributed by atoms with E-state index in [0.717, 1.165) is 0 Å². The van der Waals surface area contributed by atoms with Gasteiger partial charge in [0, 0.05) is 20.9 Å². The second-order valence-electron chi connectivity index (χ2n) is 1.08. The molecule has 1 aromatic rings. The fraction of sp³-hybridized carbons (Fsp3) is 0. The number of rotatable bonds is 0. The van der Waals surface area contributed by atoms with E-state index in [-0.39, 0.29) is 20.9 Å². The van der Waals surface area contributed by atoms with Crippen molar-refractivity contribution in [1.82, 2.24) is 0 Å². The van der Waals surface area contributed by atoms with E-state index in [2.05, 4.69) is 6.07 Å². The van der Waals surface area contributed by atoms with Gasteiger partial charge in [-0.2, -0.15) is 36.4 Å². The molecule has 0 saturated carbocycles.